The molecular formula is C34H18F6N2O9. The topological polar surface area (TPSA) is 140 Å². The largest absolute Gasteiger partial charge is 0.475 e. The summed E-state index contributed by atoms with van der Waals surface area (Å²) in [4.78, 5) is 34.4. The predicted molar refractivity (Wildman–Crippen MR) is 161 cm³/mol. The second kappa shape index (κ2) is 11.6. The number of benzene rings is 4. The number of carbonyl (C=O) groups is 1. The van der Waals surface area contributed by atoms with Gasteiger partial charge in [-0.25, -0.2) is 4.79 Å². The Morgan fingerprint density at radius 2 is 1.37 bits per heavy atom. The maximum Gasteiger partial charge on any atom is 0.416 e. The van der Waals surface area contributed by atoms with Crippen molar-refractivity contribution in [3.8, 4) is 23.0 Å². The van der Waals surface area contributed by atoms with Gasteiger partial charge in [-0.2, -0.15) is 26.3 Å². The van der Waals surface area contributed by atoms with E-state index in [2.05, 4.69) is 0 Å². The molecule has 0 fully saturated rings. The Bertz CT molecular complexity index is 2220. The van der Waals surface area contributed by atoms with Crippen molar-refractivity contribution in [3.05, 3.63) is 151 Å². The van der Waals surface area contributed by atoms with Crippen LogP contribution in [0.25, 0.3) is 0 Å². The van der Waals surface area contributed by atoms with Crippen molar-refractivity contribution in [2.24, 2.45) is 5.92 Å². The van der Waals surface area contributed by atoms with Crippen LogP contribution in [-0.2, 0) is 22.7 Å². The molecule has 3 atom stereocenters. The van der Waals surface area contributed by atoms with E-state index in [0.717, 1.165) is 12.1 Å². The van der Waals surface area contributed by atoms with Gasteiger partial charge in [0.1, 0.15) is 23.4 Å². The van der Waals surface area contributed by atoms with E-state index in [0.29, 0.717) is 35.4 Å². The van der Waals surface area contributed by atoms with E-state index in [-0.39, 0.29) is 22.8 Å². The van der Waals surface area contributed by atoms with E-state index >= 15 is 0 Å². The molecule has 2 aliphatic heterocycles. The predicted octanol–water partition coefficient (Wildman–Crippen LogP) is 8.66. The van der Waals surface area contributed by atoms with Crippen LogP contribution in [0.4, 0.5) is 37.7 Å². The number of halogens is 6. The van der Waals surface area contributed by atoms with Gasteiger partial charge >= 0.3 is 29.7 Å². The van der Waals surface area contributed by atoms with E-state index in [1.807, 2.05) is 0 Å². The second-order valence-corrected chi connectivity index (χ2v) is 11.4. The lowest BCUT2D eigenvalue weighted by molar-refractivity contribution is -0.386. The van der Waals surface area contributed by atoms with Gasteiger partial charge in [-0.1, -0.05) is 24.3 Å². The molecule has 1 aliphatic carbocycles. The second-order valence-electron chi connectivity index (χ2n) is 11.4. The lowest BCUT2D eigenvalue weighted by Gasteiger charge is -2.43. The van der Waals surface area contributed by atoms with E-state index in [4.69, 9.17) is 18.9 Å². The van der Waals surface area contributed by atoms with Gasteiger partial charge in [-0.15, -0.1) is 0 Å². The number of hydrogen-bond acceptors (Lipinski definition) is 9. The minimum Gasteiger partial charge on any atom is -0.475 e. The van der Waals surface area contributed by atoms with Crippen molar-refractivity contribution in [1.82, 2.24) is 0 Å². The van der Waals surface area contributed by atoms with Gasteiger partial charge in [0.2, 0.25) is 5.75 Å². The first-order valence-electron chi connectivity index (χ1n) is 14.7. The molecule has 0 saturated heterocycles. The molecule has 17 heteroatoms. The van der Waals surface area contributed by atoms with Crippen molar-refractivity contribution >= 4 is 17.3 Å². The molecule has 3 unspecified atom stereocenters. The van der Waals surface area contributed by atoms with Gasteiger partial charge in [0.25, 0.3) is 0 Å². The van der Waals surface area contributed by atoms with Gasteiger partial charge < -0.3 is 18.9 Å². The van der Waals surface area contributed by atoms with Crippen LogP contribution in [0.2, 0.25) is 0 Å². The number of nitro groups is 2. The van der Waals surface area contributed by atoms with Crippen LogP contribution in [-0.4, -0.2) is 21.9 Å². The third kappa shape index (κ3) is 5.65. The molecule has 51 heavy (non-hydrogen) atoms. The van der Waals surface area contributed by atoms with Gasteiger partial charge in [0, 0.05) is 29.3 Å². The molecule has 260 valence electrons. The fourth-order valence-electron chi connectivity index (χ4n) is 6.20. The van der Waals surface area contributed by atoms with Gasteiger partial charge in [0.05, 0.1) is 32.5 Å². The number of carbonyl (C=O) groups excluding carboxylic acids is 1. The van der Waals surface area contributed by atoms with Crippen molar-refractivity contribution in [3.63, 3.8) is 0 Å². The number of nitro benzene ring substituents is 2. The minimum absolute atomic E-state index is 0.00336. The molecule has 0 bridgehead atoms. The lowest BCUT2D eigenvalue weighted by Crippen LogP contribution is -2.43. The Labute approximate surface area is 281 Å². The molecule has 3 aliphatic rings. The minimum atomic E-state index is -4.86. The van der Waals surface area contributed by atoms with Crippen LogP contribution in [0, 0.1) is 26.1 Å². The summed E-state index contributed by atoms with van der Waals surface area (Å²) in [6, 6.07) is 14.1. The van der Waals surface area contributed by atoms with Crippen LogP contribution in [0.5, 0.6) is 23.0 Å². The van der Waals surface area contributed by atoms with Crippen molar-refractivity contribution in [2.75, 3.05) is 0 Å². The summed E-state index contributed by atoms with van der Waals surface area (Å²) >= 11 is 0. The quantitative estimate of drug-likeness (QED) is 0.0632. The van der Waals surface area contributed by atoms with Crippen LogP contribution in [0.1, 0.15) is 32.6 Å². The first kappa shape index (κ1) is 33.1. The monoisotopic (exact) mass is 712 g/mol. The third-order valence-electron chi connectivity index (χ3n) is 8.40. The normalized spacial score (nSPS) is 20.4. The summed E-state index contributed by atoms with van der Waals surface area (Å²) in [5.74, 6) is -2.54. The molecular weight excluding hydrogens is 694 g/mol. The summed E-state index contributed by atoms with van der Waals surface area (Å²) in [5, 5.41) is 23.3. The molecule has 2 heterocycles. The molecule has 11 nitrogen and oxygen atoms in total. The summed E-state index contributed by atoms with van der Waals surface area (Å²) < 4.78 is 103. The van der Waals surface area contributed by atoms with Crippen LogP contribution >= 0.6 is 0 Å². The highest BCUT2D eigenvalue weighted by Crippen LogP contribution is 2.57. The van der Waals surface area contributed by atoms with Crippen molar-refractivity contribution < 1.29 is 59.9 Å². The Hall–Kier alpha value is -6.39. The van der Waals surface area contributed by atoms with E-state index in [1.54, 1.807) is 30.3 Å². The average Bonchev–Trinajstić information content (AvgIpc) is 3.36. The van der Waals surface area contributed by atoms with Crippen molar-refractivity contribution in [2.45, 2.75) is 24.1 Å². The summed E-state index contributed by atoms with van der Waals surface area (Å²) in [7, 11) is 0. The Balaban J connectivity index is 1.29. The standard InChI is InChI=1S/C34H18F6N2O9/c35-33(36,37)17-5-11-27(25(13-17)41(44)45)48-19-7-9-23-29(15-19)50-30-16-20(49-28-12-6-18(34(38,39)40)14-26(28)42(46)47)8-10-24(30)32(23)22-4-2-1-3-21(22)31(43)51-32/h1-16,19,23H. The molecule has 0 amide bonds. The molecule has 1 spiro atoms. The van der Waals surface area contributed by atoms with Gasteiger partial charge in [-0.3, -0.25) is 20.2 Å². The van der Waals surface area contributed by atoms with E-state index in [9.17, 15) is 51.4 Å². The highest BCUT2D eigenvalue weighted by atomic mass is 19.4. The number of nitrogens with zero attached hydrogens (tertiary/aromatic N) is 2. The molecule has 0 N–H and O–H groups in total. The van der Waals surface area contributed by atoms with E-state index < -0.39 is 79.8 Å². The summed E-state index contributed by atoms with van der Waals surface area (Å²) in [5.41, 5.74) is -5.01. The van der Waals surface area contributed by atoms with Crippen LogP contribution in [0.3, 0.4) is 0 Å². The third-order valence-corrected chi connectivity index (χ3v) is 8.40. The number of alkyl halides is 6. The number of rotatable bonds is 6. The number of esters is 1. The maximum absolute atomic E-state index is 13.3. The zero-order chi connectivity index (χ0) is 36.5. The highest BCUT2D eigenvalue weighted by molar-refractivity contribution is 5.96. The summed E-state index contributed by atoms with van der Waals surface area (Å²) in [6.07, 6.45) is -6.45. The smallest absolute Gasteiger partial charge is 0.416 e. The molecule has 0 radical (unpaired) electrons. The first-order chi connectivity index (χ1) is 24.1. The van der Waals surface area contributed by atoms with Crippen LogP contribution < -0.4 is 14.2 Å². The average molecular weight is 713 g/mol. The number of hydrogen-bond donors (Lipinski definition) is 0. The molecule has 4 aromatic rings. The zero-order valence-electron chi connectivity index (χ0n) is 25.2. The Kier molecular flexibility index (Phi) is 7.54. The molecule has 0 saturated carbocycles. The highest BCUT2D eigenvalue weighted by Gasteiger charge is 2.57. The Morgan fingerprint density at radius 1 is 0.745 bits per heavy atom. The molecule has 7 rings (SSSR count). The van der Waals surface area contributed by atoms with Crippen LogP contribution in [0.15, 0.2) is 103 Å². The Morgan fingerprint density at radius 3 is 2.02 bits per heavy atom. The van der Waals surface area contributed by atoms with Gasteiger partial charge in [-0.05, 0) is 54.6 Å². The number of ether oxygens (including phenoxy) is 4. The number of fused-ring (bicyclic) bond motifs is 6. The molecule has 4 aromatic carbocycles. The fraction of sp³-hybridized carbons (Fsp3) is 0.147. The SMILES string of the molecule is O=C1OC2(c3ccc(Oc4ccc(C(F)(F)F)cc4[N+](=O)[O-])cc3OC3=CC(Oc4ccc(C(F)(F)F)cc4[N+](=O)[O-])C=CC32)c2ccccc21. The lowest BCUT2D eigenvalue weighted by atomic mass is 9.71. The van der Waals surface area contributed by atoms with Crippen molar-refractivity contribution in [1.29, 1.82) is 0 Å². The fourth-order valence-corrected chi connectivity index (χ4v) is 6.20. The summed E-state index contributed by atoms with van der Waals surface area (Å²) in [6.45, 7) is 0. The molecule has 0 aromatic heterocycles. The first-order valence-corrected chi connectivity index (χ1v) is 14.7. The van der Waals surface area contributed by atoms with Gasteiger partial charge in [0.15, 0.2) is 11.4 Å². The maximum atomic E-state index is 13.3. The van der Waals surface area contributed by atoms with E-state index in [1.165, 1.54) is 30.4 Å². The zero-order valence-corrected chi connectivity index (χ0v) is 25.2.